The van der Waals surface area contributed by atoms with Crippen molar-refractivity contribution in [3.8, 4) is 10.7 Å². The van der Waals surface area contributed by atoms with Gasteiger partial charge in [0.1, 0.15) is 5.00 Å². The van der Waals surface area contributed by atoms with E-state index in [0.29, 0.717) is 22.3 Å². The van der Waals surface area contributed by atoms with E-state index in [1.165, 1.54) is 30.2 Å². The molecule has 1 aliphatic rings. The number of rotatable bonds is 8. The summed E-state index contributed by atoms with van der Waals surface area (Å²) >= 11 is 4.30. The van der Waals surface area contributed by atoms with Crippen LogP contribution in [0.25, 0.3) is 10.7 Å². The topological polar surface area (TPSA) is 95.3 Å². The number of methoxy groups -OCH3 is 1. The Morgan fingerprint density at radius 2 is 2.22 bits per heavy atom. The zero-order valence-electron chi connectivity index (χ0n) is 18.0. The molecule has 1 amide bonds. The summed E-state index contributed by atoms with van der Waals surface area (Å²) in [7, 11) is 1.34. The van der Waals surface area contributed by atoms with Gasteiger partial charge in [0, 0.05) is 11.5 Å². The number of aryl methyl sites for hydroxylation is 1. The monoisotopic (exact) mass is 492 g/mol. The lowest BCUT2D eigenvalue weighted by atomic mass is 10.1. The van der Waals surface area contributed by atoms with Crippen molar-refractivity contribution in [1.82, 2.24) is 14.8 Å². The third-order valence-corrected chi connectivity index (χ3v) is 8.18. The van der Waals surface area contributed by atoms with Crippen molar-refractivity contribution in [2.75, 3.05) is 24.8 Å². The van der Waals surface area contributed by atoms with Gasteiger partial charge >= 0.3 is 5.97 Å². The average molecular weight is 493 g/mol. The second kappa shape index (κ2) is 10.2. The van der Waals surface area contributed by atoms with E-state index in [-0.39, 0.29) is 17.8 Å². The molecule has 3 aromatic rings. The number of carbonyl (C=O) groups excluding carboxylic acids is 2. The summed E-state index contributed by atoms with van der Waals surface area (Å²) < 4.78 is 12.7. The summed E-state index contributed by atoms with van der Waals surface area (Å²) in [6, 6.07) is 3.99. The summed E-state index contributed by atoms with van der Waals surface area (Å²) in [6.07, 6.45) is 2.17. The molecule has 1 unspecified atom stereocenters. The normalized spacial score (nSPS) is 15.8. The van der Waals surface area contributed by atoms with Crippen LogP contribution >= 0.6 is 34.4 Å². The fourth-order valence-electron chi connectivity index (χ4n) is 3.50. The molecule has 8 nitrogen and oxygen atoms in total. The molecule has 11 heteroatoms. The number of aromatic nitrogens is 3. The van der Waals surface area contributed by atoms with Crippen LogP contribution in [0.15, 0.2) is 22.7 Å². The Labute approximate surface area is 198 Å². The quantitative estimate of drug-likeness (QED) is 0.368. The molecule has 1 N–H and O–H groups in total. The van der Waals surface area contributed by atoms with Gasteiger partial charge in [-0.3, -0.25) is 9.36 Å². The van der Waals surface area contributed by atoms with E-state index in [2.05, 4.69) is 15.5 Å². The number of hydrogen-bond acceptors (Lipinski definition) is 9. The van der Waals surface area contributed by atoms with Gasteiger partial charge in [-0.1, -0.05) is 17.8 Å². The van der Waals surface area contributed by atoms with Gasteiger partial charge in [0.25, 0.3) is 0 Å². The van der Waals surface area contributed by atoms with E-state index in [1.54, 1.807) is 11.3 Å². The lowest BCUT2D eigenvalue weighted by Gasteiger charge is -2.14. The number of nitrogens with zero attached hydrogens (tertiary/aromatic N) is 3. The number of ether oxygens (including phenoxy) is 2. The molecule has 0 aromatic carbocycles. The highest BCUT2D eigenvalue weighted by Crippen LogP contribution is 2.33. The van der Waals surface area contributed by atoms with Crippen molar-refractivity contribution < 1.29 is 19.1 Å². The fraction of sp³-hybridized carbons (Fsp3) is 0.429. The zero-order chi connectivity index (χ0) is 22.7. The first kappa shape index (κ1) is 23.0. The van der Waals surface area contributed by atoms with Gasteiger partial charge in [-0.05, 0) is 43.7 Å². The lowest BCUT2D eigenvalue weighted by Crippen LogP contribution is -2.18. The second-order valence-electron chi connectivity index (χ2n) is 7.34. The van der Waals surface area contributed by atoms with E-state index >= 15 is 0 Å². The lowest BCUT2D eigenvalue weighted by molar-refractivity contribution is -0.113. The number of thioether (sulfide) groups is 1. The molecular formula is C21H24N4O4S3. The van der Waals surface area contributed by atoms with Crippen LogP contribution in [0.1, 0.15) is 33.6 Å². The summed E-state index contributed by atoms with van der Waals surface area (Å²) in [4.78, 5) is 26.8. The molecule has 1 fully saturated rings. The molecule has 0 bridgehead atoms. The predicted octanol–water partition coefficient (Wildman–Crippen LogP) is 4.38. The maximum absolute atomic E-state index is 12.7. The Hall–Kier alpha value is -2.21. The highest BCUT2D eigenvalue weighted by atomic mass is 32.2. The van der Waals surface area contributed by atoms with E-state index in [9.17, 15) is 9.59 Å². The number of carbonyl (C=O) groups is 2. The van der Waals surface area contributed by atoms with Crippen LogP contribution in [0.3, 0.4) is 0 Å². The minimum absolute atomic E-state index is 0.123. The molecule has 32 heavy (non-hydrogen) atoms. The number of anilines is 1. The Kier molecular flexibility index (Phi) is 7.29. The number of hydrogen-bond donors (Lipinski definition) is 1. The van der Waals surface area contributed by atoms with Gasteiger partial charge in [0.2, 0.25) is 5.91 Å². The Morgan fingerprint density at radius 3 is 2.91 bits per heavy atom. The first-order valence-corrected chi connectivity index (χ1v) is 12.9. The third-order valence-electron chi connectivity index (χ3n) is 5.23. The van der Waals surface area contributed by atoms with Crippen molar-refractivity contribution in [2.45, 2.75) is 44.5 Å². The molecule has 0 saturated carbocycles. The highest BCUT2D eigenvalue weighted by molar-refractivity contribution is 7.99. The Morgan fingerprint density at radius 1 is 1.38 bits per heavy atom. The van der Waals surface area contributed by atoms with Crippen molar-refractivity contribution in [1.29, 1.82) is 0 Å². The van der Waals surface area contributed by atoms with E-state index in [1.807, 2.05) is 35.9 Å². The summed E-state index contributed by atoms with van der Waals surface area (Å²) in [5.74, 6) is 0.262. The van der Waals surface area contributed by atoms with Gasteiger partial charge < -0.3 is 14.8 Å². The van der Waals surface area contributed by atoms with Crippen LogP contribution in [0.2, 0.25) is 0 Å². The van der Waals surface area contributed by atoms with Crippen molar-refractivity contribution in [3.63, 3.8) is 0 Å². The summed E-state index contributed by atoms with van der Waals surface area (Å²) in [5.41, 5.74) is 1.23. The number of amides is 1. The molecule has 0 spiro atoms. The smallest absolute Gasteiger partial charge is 0.341 e. The van der Waals surface area contributed by atoms with Crippen LogP contribution in [-0.2, 0) is 20.8 Å². The summed E-state index contributed by atoms with van der Waals surface area (Å²) in [5, 5.41) is 14.8. The first-order chi connectivity index (χ1) is 15.5. The molecule has 4 heterocycles. The van der Waals surface area contributed by atoms with Crippen LogP contribution in [0.4, 0.5) is 5.00 Å². The fourth-order valence-corrected chi connectivity index (χ4v) is 6.03. The van der Waals surface area contributed by atoms with Gasteiger partial charge in [-0.25, -0.2) is 4.79 Å². The van der Waals surface area contributed by atoms with E-state index in [0.717, 1.165) is 40.6 Å². The van der Waals surface area contributed by atoms with Crippen molar-refractivity contribution in [3.05, 3.63) is 33.5 Å². The van der Waals surface area contributed by atoms with Crippen LogP contribution in [-0.4, -0.2) is 52.2 Å². The van der Waals surface area contributed by atoms with Gasteiger partial charge in [0.05, 0.1) is 36.0 Å². The van der Waals surface area contributed by atoms with Gasteiger partial charge in [0.15, 0.2) is 11.0 Å². The van der Waals surface area contributed by atoms with E-state index in [4.69, 9.17) is 9.47 Å². The number of esters is 1. The maximum Gasteiger partial charge on any atom is 0.341 e. The second-order valence-corrected chi connectivity index (χ2v) is 10.5. The Bertz CT molecular complexity index is 1100. The predicted molar refractivity (Wildman–Crippen MR) is 127 cm³/mol. The largest absolute Gasteiger partial charge is 0.465 e. The minimum atomic E-state index is -0.452. The van der Waals surface area contributed by atoms with Gasteiger partial charge in [-0.2, -0.15) is 0 Å². The van der Waals surface area contributed by atoms with Crippen molar-refractivity contribution in [2.24, 2.45) is 0 Å². The minimum Gasteiger partial charge on any atom is -0.465 e. The highest BCUT2D eigenvalue weighted by Gasteiger charge is 2.24. The van der Waals surface area contributed by atoms with Crippen LogP contribution in [0.5, 0.6) is 0 Å². The van der Waals surface area contributed by atoms with Gasteiger partial charge in [-0.15, -0.1) is 32.9 Å². The number of nitrogens with one attached hydrogen (secondary N) is 1. The molecular weight excluding hydrogens is 468 g/mol. The molecule has 4 rings (SSSR count). The first-order valence-electron chi connectivity index (χ1n) is 10.2. The molecule has 1 atom stereocenters. The molecule has 3 aromatic heterocycles. The molecule has 1 saturated heterocycles. The molecule has 0 radical (unpaired) electrons. The molecule has 170 valence electrons. The van der Waals surface area contributed by atoms with Crippen LogP contribution in [0, 0.1) is 13.8 Å². The van der Waals surface area contributed by atoms with Crippen molar-refractivity contribution >= 4 is 51.3 Å². The van der Waals surface area contributed by atoms with E-state index < -0.39 is 5.97 Å². The van der Waals surface area contributed by atoms with Crippen LogP contribution < -0.4 is 5.32 Å². The Balaban J connectivity index is 1.48. The SMILES string of the molecule is COC(=O)c1c(NC(=O)CSc2nnc(-c3cccs3)n2CC2CCCO2)sc(C)c1C. The standard InChI is InChI=1S/C21H24N4O4S3/c1-12-13(2)32-19(17(12)20(27)28-3)22-16(26)11-31-21-24-23-18(15-7-5-9-30-15)25(21)10-14-6-4-8-29-14/h5,7,9,14H,4,6,8,10-11H2,1-3H3,(H,22,26). The molecule has 0 aliphatic carbocycles. The molecule has 1 aliphatic heterocycles. The maximum atomic E-state index is 12.7. The zero-order valence-corrected chi connectivity index (χ0v) is 20.5. The summed E-state index contributed by atoms with van der Waals surface area (Å²) in [6.45, 7) is 5.19. The third kappa shape index (κ3) is 4.90. The number of thiophene rings is 2. The average Bonchev–Trinajstić information content (AvgIpc) is 3.56.